The monoisotopic (exact) mass is 428 g/mol. The Hall–Kier alpha value is -3.80. The number of para-hydroxylation sites is 1. The molecule has 9 heteroatoms. The maximum atomic E-state index is 13.1. The number of carbonyl (C=O) groups excluding carboxylic acids is 1. The van der Waals surface area contributed by atoms with Crippen molar-refractivity contribution in [3.05, 3.63) is 53.6 Å². The summed E-state index contributed by atoms with van der Waals surface area (Å²) in [4.78, 5) is 20.9. The van der Waals surface area contributed by atoms with Crippen molar-refractivity contribution in [1.29, 1.82) is 5.26 Å². The molecule has 1 aliphatic heterocycles. The molecule has 1 saturated heterocycles. The molecular weight excluding hydrogens is 404 g/mol. The third kappa shape index (κ3) is 4.04. The lowest BCUT2D eigenvalue weighted by Crippen LogP contribution is -2.41. The van der Waals surface area contributed by atoms with Gasteiger partial charge >= 0.3 is 6.03 Å². The van der Waals surface area contributed by atoms with Crippen molar-refractivity contribution >= 4 is 11.7 Å². The van der Waals surface area contributed by atoms with Gasteiger partial charge in [0.25, 0.3) is 0 Å². The zero-order valence-corrected chi connectivity index (χ0v) is 17.9. The van der Waals surface area contributed by atoms with Gasteiger partial charge in [0.2, 0.25) is 0 Å². The largest absolute Gasteiger partial charge is 0.324 e. The Kier molecular flexibility index (Phi) is 5.27. The van der Waals surface area contributed by atoms with Crippen LogP contribution in [0.5, 0.6) is 0 Å². The fourth-order valence-electron chi connectivity index (χ4n) is 4.19. The molecule has 1 aromatic carbocycles. The summed E-state index contributed by atoms with van der Waals surface area (Å²) in [5, 5.41) is 24.9. The van der Waals surface area contributed by atoms with Crippen molar-refractivity contribution in [2.45, 2.75) is 37.5 Å². The fourth-order valence-corrected chi connectivity index (χ4v) is 4.19. The van der Waals surface area contributed by atoms with E-state index in [2.05, 4.69) is 31.8 Å². The van der Waals surface area contributed by atoms with E-state index in [0.29, 0.717) is 30.3 Å². The van der Waals surface area contributed by atoms with Crippen LogP contribution in [0.2, 0.25) is 0 Å². The van der Waals surface area contributed by atoms with Crippen LogP contribution in [0.3, 0.4) is 0 Å². The number of hydrogen-bond donors (Lipinski definition) is 1. The van der Waals surface area contributed by atoms with Crippen LogP contribution in [-0.2, 0) is 7.05 Å². The molecule has 2 amide bonds. The van der Waals surface area contributed by atoms with Crippen molar-refractivity contribution in [1.82, 2.24) is 30.1 Å². The van der Waals surface area contributed by atoms with Crippen LogP contribution >= 0.6 is 0 Å². The van der Waals surface area contributed by atoms with Crippen molar-refractivity contribution in [3.8, 4) is 17.2 Å². The van der Waals surface area contributed by atoms with Crippen LogP contribution in [0.25, 0.3) is 11.1 Å². The first-order valence-corrected chi connectivity index (χ1v) is 10.9. The van der Waals surface area contributed by atoms with Gasteiger partial charge in [0, 0.05) is 47.9 Å². The lowest BCUT2D eigenvalue weighted by atomic mass is 9.96. The number of anilines is 1. The number of piperidine rings is 1. The number of hydrogen-bond acceptors (Lipinski definition) is 6. The molecule has 0 radical (unpaired) electrons. The number of nitrogens with zero attached hydrogens (tertiary/aromatic N) is 7. The summed E-state index contributed by atoms with van der Waals surface area (Å²) in [6.07, 6.45) is 5.78. The molecule has 2 aliphatic rings. The van der Waals surface area contributed by atoms with Crippen LogP contribution in [0, 0.1) is 11.3 Å². The van der Waals surface area contributed by atoms with E-state index >= 15 is 0 Å². The number of nitrogens with one attached hydrogen (secondary N) is 1. The summed E-state index contributed by atoms with van der Waals surface area (Å²) in [5.41, 5.74) is 3.75. The highest BCUT2D eigenvalue weighted by Gasteiger charge is 2.28. The zero-order chi connectivity index (χ0) is 22.1. The number of tetrazole rings is 1. The number of pyridine rings is 1. The van der Waals surface area contributed by atoms with Gasteiger partial charge in [0.1, 0.15) is 6.07 Å². The predicted octanol–water partition coefficient (Wildman–Crippen LogP) is 3.43. The number of aromatic nitrogens is 5. The quantitative estimate of drug-likeness (QED) is 0.681. The average Bonchev–Trinajstić information content (AvgIpc) is 3.59. The number of nitriles is 1. The lowest BCUT2D eigenvalue weighted by Gasteiger charge is -2.31. The van der Waals surface area contributed by atoms with Crippen molar-refractivity contribution in [3.63, 3.8) is 0 Å². The molecule has 32 heavy (non-hydrogen) atoms. The van der Waals surface area contributed by atoms with Crippen LogP contribution in [0.4, 0.5) is 10.5 Å². The predicted molar refractivity (Wildman–Crippen MR) is 118 cm³/mol. The molecule has 5 rings (SSSR count). The number of urea groups is 1. The first kappa shape index (κ1) is 20.1. The van der Waals surface area contributed by atoms with E-state index in [1.807, 2.05) is 30.5 Å². The molecule has 162 valence electrons. The Morgan fingerprint density at radius 1 is 1.12 bits per heavy atom. The number of carbonyl (C=O) groups is 1. The number of aryl methyl sites for hydroxylation is 1. The molecule has 1 saturated carbocycles. The van der Waals surface area contributed by atoms with E-state index in [1.165, 1.54) is 17.6 Å². The molecule has 1 aliphatic carbocycles. The Labute approximate surface area is 186 Å². The highest BCUT2D eigenvalue weighted by Crippen LogP contribution is 2.40. The van der Waals surface area contributed by atoms with Gasteiger partial charge in [0.15, 0.2) is 5.82 Å². The Balaban J connectivity index is 1.32. The molecule has 2 fully saturated rings. The molecule has 0 bridgehead atoms. The molecule has 0 spiro atoms. The average molecular weight is 429 g/mol. The zero-order valence-electron chi connectivity index (χ0n) is 17.9. The third-order valence-corrected chi connectivity index (χ3v) is 6.18. The van der Waals surface area contributed by atoms with Crippen LogP contribution < -0.4 is 5.32 Å². The van der Waals surface area contributed by atoms with Gasteiger partial charge in [-0.05, 0) is 43.0 Å². The lowest BCUT2D eigenvalue weighted by molar-refractivity contribution is 0.193. The molecule has 1 N–H and O–H groups in total. The van der Waals surface area contributed by atoms with E-state index in [0.717, 1.165) is 35.5 Å². The standard InChI is InChI=1S/C23H24N8O/c1-30-28-22(27-29-30)16-9-11-31(12-10-16)23(32)26-21-17(13-24)3-2-4-19(21)18-7-8-20(25-14-18)15-5-6-15/h2-4,7-8,14-16H,5-6,9-12H2,1H3,(H,26,32). The third-order valence-electron chi connectivity index (χ3n) is 6.18. The minimum Gasteiger partial charge on any atom is -0.324 e. The molecule has 0 unspecified atom stereocenters. The minimum atomic E-state index is -0.206. The summed E-state index contributed by atoms with van der Waals surface area (Å²) in [5.74, 6) is 1.51. The second-order valence-corrected chi connectivity index (χ2v) is 8.41. The molecule has 9 nitrogen and oxygen atoms in total. The van der Waals surface area contributed by atoms with E-state index < -0.39 is 0 Å². The van der Waals surface area contributed by atoms with Gasteiger partial charge in [-0.15, -0.1) is 10.2 Å². The first-order chi connectivity index (χ1) is 15.6. The van der Waals surface area contributed by atoms with Gasteiger partial charge < -0.3 is 10.2 Å². The topological polar surface area (TPSA) is 113 Å². The van der Waals surface area contributed by atoms with Gasteiger partial charge in [0.05, 0.1) is 18.3 Å². The van der Waals surface area contributed by atoms with Crippen molar-refractivity contribution < 1.29 is 4.79 Å². The fraction of sp³-hybridized carbons (Fsp3) is 0.391. The number of rotatable bonds is 4. The summed E-state index contributed by atoms with van der Waals surface area (Å²) in [7, 11) is 1.75. The summed E-state index contributed by atoms with van der Waals surface area (Å²) in [6, 6.07) is 11.5. The highest BCUT2D eigenvalue weighted by molar-refractivity contribution is 5.96. The van der Waals surface area contributed by atoms with E-state index in [4.69, 9.17) is 0 Å². The summed E-state index contributed by atoms with van der Waals surface area (Å²) < 4.78 is 0. The maximum Gasteiger partial charge on any atom is 0.321 e. The van der Waals surface area contributed by atoms with E-state index in [-0.39, 0.29) is 11.9 Å². The van der Waals surface area contributed by atoms with Crippen molar-refractivity contribution in [2.24, 2.45) is 7.05 Å². The number of amides is 2. The van der Waals surface area contributed by atoms with Crippen LogP contribution in [-0.4, -0.2) is 49.2 Å². The molecule has 3 aromatic rings. The molecule has 2 aromatic heterocycles. The minimum absolute atomic E-state index is 0.200. The molecule has 0 atom stereocenters. The highest BCUT2D eigenvalue weighted by atomic mass is 16.2. The Morgan fingerprint density at radius 3 is 2.56 bits per heavy atom. The molecular formula is C23H24N8O. The Morgan fingerprint density at radius 2 is 1.94 bits per heavy atom. The second-order valence-electron chi connectivity index (χ2n) is 8.41. The molecule has 3 heterocycles. The number of benzene rings is 1. The smallest absolute Gasteiger partial charge is 0.321 e. The van der Waals surface area contributed by atoms with Gasteiger partial charge in [-0.2, -0.15) is 10.1 Å². The SMILES string of the molecule is Cn1nnc(C2CCN(C(=O)Nc3c(C#N)cccc3-c3ccc(C4CC4)nc3)CC2)n1. The van der Waals surface area contributed by atoms with Gasteiger partial charge in [-0.3, -0.25) is 4.98 Å². The summed E-state index contributed by atoms with van der Waals surface area (Å²) in [6.45, 7) is 1.19. The maximum absolute atomic E-state index is 13.1. The van der Waals surface area contributed by atoms with Crippen LogP contribution in [0.15, 0.2) is 36.5 Å². The van der Waals surface area contributed by atoms with E-state index in [9.17, 15) is 10.1 Å². The van der Waals surface area contributed by atoms with Gasteiger partial charge in [-0.1, -0.05) is 18.2 Å². The van der Waals surface area contributed by atoms with Crippen molar-refractivity contribution in [2.75, 3.05) is 18.4 Å². The summed E-state index contributed by atoms with van der Waals surface area (Å²) >= 11 is 0. The Bertz CT molecular complexity index is 1170. The second kappa shape index (κ2) is 8.38. The normalized spacial score (nSPS) is 16.6. The first-order valence-electron chi connectivity index (χ1n) is 10.9. The van der Waals surface area contributed by atoms with Crippen LogP contribution in [0.1, 0.15) is 54.6 Å². The van der Waals surface area contributed by atoms with E-state index in [1.54, 1.807) is 18.0 Å². The van der Waals surface area contributed by atoms with Gasteiger partial charge in [-0.25, -0.2) is 4.79 Å². The number of likely N-dealkylation sites (tertiary alicyclic amines) is 1.